The van der Waals surface area contributed by atoms with Crippen molar-refractivity contribution in [1.82, 2.24) is 20.3 Å². The summed E-state index contributed by atoms with van der Waals surface area (Å²) in [5.74, 6) is 0. The van der Waals surface area contributed by atoms with Crippen molar-refractivity contribution in [2.45, 2.75) is 46.1 Å². The Morgan fingerprint density at radius 2 is 2.29 bits per heavy atom. The van der Waals surface area contributed by atoms with Gasteiger partial charge in [-0.2, -0.15) is 0 Å². The minimum Gasteiger partial charge on any atom is -0.309 e. The van der Waals surface area contributed by atoms with Crippen LogP contribution in [0.15, 0.2) is 18.6 Å². The first kappa shape index (κ1) is 14.6. The highest BCUT2D eigenvalue weighted by Gasteiger charge is 2.34. The third-order valence-electron chi connectivity index (χ3n) is 3.89. The van der Waals surface area contributed by atoms with Gasteiger partial charge in [0.2, 0.25) is 0 Å². The van der Waals surface area contributed by atoms with Crippen molar-refractivity contribution in [3.8, 4) is 10.7 Å². The summed E-state index contributed by atoms with van der Waals surface area (Å²) in [5, 5.41) is 4.70. The minimum atomic E-state index is 0.301. The standard InChI is InChI=1S/C16H22N4S/c1-4-6-18-12-8-16(2,3)9-13-14(12)21-15(20-13)11-5-7-17-10-19-11/h5,7,10,12,18H,4,6,8-9H2,1-3H3. The Hall–Kier alpha value is -1.33. The molecule has 0 fully saturated rings. The quantitative estimate of drug-likeness (QED) is 0.937. The SMILES string of the molecule is CCCNC1CC(C)(C)Cc2nc(-c3ccncn3)sc21. The van der Waals surface area contributed by atoms with Crippen molar-refractivity contribution >= 4 is 11.3 Å². The van der Waals surface area contributed by atoms with E-state index in [1.54, 1.807) is 23.9 Å². The van der Waals surface area contributed by atoms with Gasteiger partial charge in [0.15, 0.2) is 0 Å². The lowest BCUT2D eigenvalue weighted by Crippen LogP contribution is -2.33. The molecule has 0 radical (unpaired) electrons. The number of thiazole rings is 1. The molecule has 0 amide bonds. The number of nitrogens with zero attached hydrogens (tertiary/aromatic N) is 3. The lowest BCUT2D eigenvalue weighted by molar-refractivity contribution is 0.258. The fourth-order valence-corrected chi connectivity index (χ4v) is 4.08. The predicted molar refractivity (Wildman–Crippen MR) is 86.3 cm³/mol. The Kier molecular flexibility index (Phi) is 4.04. The van der Waals surface area contributed by atoms with Gasteiger partial charge in [-0.3, -0.25) is 0 Å². The molecule has 2 heterocycles. The number of hydrogen-bond acceptors (Lipinski definition) is 5. The maximum Gasteiger partial charge on any atom is 0.142 e. The van der Waals surface area contributed by atoms with Crippen LogP contribution in [0.4, 0.5) is 0 Å². The van der Waals surface area contributed by atoms with Gasteiger partial charge in [-0.05, 0) is 37.3 Å². The minimum absolute atomic E-state index is 0.301. The van der Waals surface area contributed by atoms with Gasteiger partial charge < -0.3 is 5.32 Å². The topological polar surface area (TPSA) is 50.7 Å². The van der Waals surface area contributed by atoms with Gasteiger partial charge >= 0.3 is 0 Å². The molecule has 1 aliphatic rings. The van der Waals surface area contributed by atoms with Crippen LogP contribution in [-0.2, 0) is 6.42 Å². The Bertz CT molecular complexity index is 606. The van der Waals surface area contributed by atoms with Crippen LogP contribution in [0.5, 0.6) is 0 Å². The van der Waals surface area contributed by atoms with Crippen LogP contribution in [-0.4, -0.2) is 21.5 Å². The lowest BCUT2D eigenvalue weighted by Gasteiger charge is -2.34. The van der Waals surface area contributed by atoms with Gasteiger partial charge in [0.25, 0.3) is 0 Å². The Morgan fingerprint density at radius 3 is 3.00 bits per heavy atom. The molecular weight excluding hydrogens is 280 g/mol. The zero-order valence-corrected chi connectivity index (χ0v) is 13.7. The molecule has 0 bridgehead atoms. The van der Waals surface area contributed by atoms with Crippen molar-refractivity contribution in [3.05, 3.63) is 29.2 Å². The van der Waals surface area contributed by atoms with Gasteiger partial charge in [0.05, 0.1) is 5.69 Å². The summed E-state index contributed by atoms with van der Waals surface area (Å²) < 4.78 is 0. The van der Waals surface area contributed by atoms with E-state index in [4.69, 9.17) is 4.98 Å². The third-order valence-corrected chi connectivity index (χ3v) is 5.12. The lowest BCUT2D eigenvalue weighted by atomic mass is 9.76. The second-order valence-corrected chi connectivity index (χ2v) is 7.51. The smallest absolute Gasteiger partial charge is 0.142 e. The number of nitrogens with one attached hydrogen (secondary N) is 1. The Labute approximate surface area is 130 Å². The van der Waals surface area contributed by atoms with Crippen LogP contribution in [0.1, 0.15) is 50.2 Å². The molecule has 2 aromatic rings. The maximum absolute atomic E-state index is 4.86. The van der Waals surface area contributed by atoms with Crippen LogP contribution < -0.4 is 5.32 Å². The molecule has 0 aliphatic heterocycles. The van der Waals surface area contributed by atoms with E-state index in [1.807, 2.05) is 6.07 Å². The Morgan fingerprint density at radius 1 is 1.43 bits per heavy atom. The molecule has 5 heteroatoms. The van der Waals surface area contributed by atoms with E-state index in [2.05, 4.69) is 36.1 Å². The van der Waals surface area contributed by atoms with E-state index in [9.17, 15) is 0 Å². The second-order valence-electron chi connectivity index (χ2n) is 6.48. The number of aromatic nitrogens is 3. The summed E-state index contributed by atoms with van der Waals surface area (Å²) >= 11 is 1.78. The summed E-state index contributed by atoms with van der Waals surface area (Å²) in [7, 11) is 0. The summed E-state index contributed by atoms with van der Waals surface area (Å²) in [5.41, 5.74) is 2.48. The predicted octanol–water partition coefficient (Wildman–Crippen LogP) is 3.61. The van der Waals surface area contributed by atoms with Gasteiger partial charge in [-0.1, -0.05) is 20.8 Å². The third kappa shape index (κ3) is 3.14. The molecule has 0 saturated carbocycles. The molecule has 0 spiro atoms. The summed E-state index contributed by atoms with van der Waals surface area (Å²) in [6.45, 7) is 7.93. The fourth-order valence-electron chi connectivity index (χ4n) is 2.94. The van der Waals surface area contributed by atoms with Crippen LogP contribution in [0.3, 0.4) is 0 Å². The molecule has 3 rings (SSSR count). The van der Waals surface area contributed by atoms with Crippen molar-refractivity contribution < 1.29 is 0 Å². The average Bonchev–Trinajstić information content (AvgIpc) is 2.88. The molecule has 1 atom stereocenters. The first-order valence-corrected chi connectivity index (χ1v) is 8.40. The van der Waals surface area contributed by atoms with Crippen molar-refractivity contribution in [2.75, 3.05) is 6.54 Å². The molecule has 1 aliphatic carbocycles. The van der Waals surface area contributed by atoms with E-state index in [-0.39, 0.29) is 0 Å². The van der Waals surface area contributed by atoms with E-state index >= 15 is 0 Å². The number of hydrogen-bond donors (Lipinski definition) is 1. The number of rotatable bonds is 4. The molecule has 0 saturated heterocycles. The largest absolute Gasteiger partial charge is 0.309 e. The van der Waals surface area contributed by atoms with Crippen molar-refractivity contribution in [2.24, 2.45) is 5.41 Å². The van der Waals surface area contributed by atoms with Crippen LogP contribution in [0.2, 0.25) is 0 Å². The fraction of sp³-hybridized carbons (Fsp3) is 0.562. The summed E-state index contributed by atoms with van der Waals surface area (Å²) in [4.78, 5) is 14.6. The van der Waals surface area contributed by atoms with E-state index in [0.717, 1.165) is 30.1 Å². The van der Waals surface area contributed by atoms with Crippen LogP contribution in [0.25, 0.3) is 10.7 Å². The highest BCUT2D eigenvalue weighted by molar-refractivity contribution is 7.15. The van der Waals surface area contributed by atoms with Crippen molar-refractivity contribution in [3.63, 3.8) is 0 Å². The molecule has 0 aromatic carbocycles. The van der Waals surface area contributed by atoms with Gasteiger partial charge in [0, 0.05) is 17.1 Å². The zero-order chi connectivity index (χ0) is 14.9. The van der Waals surface area contributed by atoms with Crippen LogP contribution >= 0.6 is 11.3 Å². The zero-order valence-electron chi connectivity index (χ0n) is 12.9. The summed E-state index contributed by atoms with van der Waals surface area (Å²) in [6.07, 6.45) is 6.75. The molecule has 2 aromatic heterocycles. The molecule has 112 valence electrons. The molecule has 1 N–H and O–H groups in total. The maximum atomic E-state index is 4.86. The normalized spacial score (nSPS) is 20.2. The van der Waals surface area contributed by atoms with E-state index < -0.39 is 0 Å². The highest BCUT2D eigenvalue weighted by atomic mass is 32.1. The summed E-state index contributed by atoms with van der Waals surface area (Å²) in [6, 6.07) is 2.36. The van der Waals surface area contributed by atoms with E-state index in [0.29, 0.717) is 11.5 Å². The molecule has 4 nitrogen and oxygen atoms in total. The second kappa shape index (κ2) is 5.81. The van der Waals surface area contributed by atoms with Crippen LogP contribution in [0, 0.1) is 5.41 Å². The Balaban J connectivity index is 1.95. The molecule has 21 heavy (non-hydrogen) atoms. The first-order valence-electron chi connectivity index (χ1n) is 7.58. The van der Waals surface area contributed by atoms with Crippen molar-refractivity contribution in [1.29, 1.82) is 0 Å². The highest BCUT2D eigenvalue weighted by Crippen LogP contribution is 2.44. The van der Waals surface area contributed by atoms with Gasteiger partial charge in [0.1, 0.15) is 17.0 Å². The number of fused-ring (bicyclic) bond motifs is 1. The monoisotopic (exact) mass is 302 g/mol. The molecule has 1 unspecified atom stereocenters. The average molecular weight is 302 g/mol. The van der Waals surface area contributed by atoms with Gasteiger partial charge in [-0.25, -0.2) is 15.0 Å². The van der Waals surface area contributed by atoms with Gasteiger partial charge in [-0.15, -0.1) is 11.3 Å². The molecular formula is C16H22N4S. The van der Waals surface area contributed by atoms with E-state index in [1.165, 1.54) is 17.0 Å². The first-order chi connectivity index (χ1) is 10.1.